The van der Waals surface area contributed by atoms with Gasteiger partial charge >= 0.3 is 0 Å². The zero-order chi connectivity index (χ0) is 15.1. The second-order valence-corrected chi connectivity index (χ2v) is 4.25. The fraction of sp³-hybridized carbons (Fsp3) is 0.125. The van der Waals surface area contributed by atoms with Crippen LogP contribution in [-0.4, -0.2) is 12.9 Å². The Morgan fingerprint density at radius 2 is 1.90 bits per heavy atom. The third-order valence-electron chi connectivity index (χ3n) is 2.91. The van der Waals surface area contributed by atoms with Gasteiger partial charge < -0.3 is 15.3 Å². The van der Waals surface area contributed by atoms with Gasteiger partial charge in [0.15, 0.2) is 5.84 Å². The van der Waals surface area contributed by atoms with Crippen molar-refractivity contribution in [2.24, 2.45) is 10.9 Å². The average Bonchev–Trinajstić information content (AvgIpc) is 2.55. The SMILES string of the molecule is COc1ccc(/C(N)=N/OCc2ccccc2C#N)cc1. The summed E-state index contributed by atoms with van der Waals surface area (Å²) in [5.74, 6) is 1.02. The molecule has 106 valence electrons. The predicted molar refractivity (Wildman–Crippen MR) is 79.7 cm³/mol. The molecule has 0 radical (unpaired) electrons. The highest BCUT2D eigenvalue weighted by molar-refractivity contribution is 5.97. The van der Waals surface area contributed by atoms with Crippen molar-refractivity contribution in [3.63, 3.8) is 0 Å². The number of benzene rings is 2. The monoisotopic (exact) mass is 281 g/mol. The van der Waals surface area contributed by atoms with E-state index in [0.29, 0.717) is 5.56 Å². The van der Waals surface area contributed by atoms with Crippen molar-refractivity contribution in [2.45, 2.75) is 6.61 Å². The van der Waals surface area contributed by atoms with E-state index in [1.807, 2.05) is 12.1 Å². The van der Waals surface area contributed by atoms with E-state index in [1.54, 1.807) is 43.5 Å². The number of amidine groups is 1. The van der Waals surface area contributed by atoms with Gasteiger partial charge in [-0.05, 0) is 30.3 Å². The minimum absolute atomic E-state index is 0.195. The van der Waals surface area contributed by atoms with Gasteiger partial charge in [-0.25, -0.2) is 0 Å². The topological polar surface area (TPSA) is 80.6 Å². The molecule has 0 aromatic heterocycles. The van der Waals surface area contributed by atoms with E-state index >= 15 is 0 Å². The summed E-state index contributed by atoms with van der Waals surface area (Å²) in [6, 6.07) is 16.5. The Hall–Kier alpha value is -3.00. The number of methoxy groups -OCH3 is 1. The van der Waals surface area contributed by atoms with Crippen LogP contribution in [0.15, 0.2) is 53.7 Å². The van der Waals surface area contributed by atoms with Gasteiger partial charge in [0.2, 0.25) is 0 Å². The van der Waals surface area contributed by atoms with E-state index in [9.17, 15) is 0 Å². The molecule has 2 aromatic rings. The van der Waals surface area contributed by atoms with Crippen LogP contribution in [0.1, 0.15) is 16.7 Å². The summed E-state index contributed by atoms with van der Waals surface area (Å²) in [6.07, 6.45) is 0. The number of rotatable bonds is 5. The van der Waals surface area contributed by atoms with Gasteiger partial charge in [-0.15, -0.1) is 0 Å². The Kier molecular flexibility index (Phi) is 4.78. The van der Waals surface area contributed by atoms with Crippen molar-refractivity contribution >= 4 is 5.84 Å². The summed E-state index contributed by atoms with van der Waals surface area (Å²) in [5.41, 5.74) is 7.92. The van der Waals surface area contributed by atoms with Crippen LogP contribution < -0.4 is 10.5 Å². The fourth-order valence-electron chi connectivity index (χ4n) is 1.74. The molecule has 0 unspecified atom stereocenters. The summed E-state index contributed by atoms with van der Waals surface area (Å²) in [7, 11) is 1.60. The van der Waals surface area contributed by atoms with Crippen LogP contribution in [0.3, 0.4) is 0 Å². The third-order valence-corrected chi connectivity index (χ3v) is 2.91. The highest BCUT2D eigenvalue weighted by Crippen LogP contribution is 2.12. The van der Waals surface area contributed by atoms with E-state index in [1.165, 1.54) is 0 Å². The molecular formula is C16H15N3O2. The molecule has 0 aliphatic carbocycles. The molecule has 0 saturated carbocycles. The first-order valence-corrected chi connectivity index (χ1v) is 6.32. The summed E-state index contributed by atoms with van der Waals surface area (Å²) in [4.78, 5) is 5.22. The van der Waals surface area contributed by atoms with Gasteiger partial charge in [-0.3, -0.25) is 0 Å². The van der Waals surface area contributed by atoms with Crippen LogP contribution in [0.25, 0.3) is 0 Å². The smallest absolute Gasteiger partial charge is 0.170 e. The lowest BCUT2D eigenvalue weighted by Crippen LogP contribution is -2.13. The molecule has 21 heavy (non-hydrogen) atoms. The number of nitrogens with two attached hydrogens (primary N) is 1. The van der Waals surface area contributed by atoms with Crippen LogP contribution in [-0.2, 0) is 11.4 Å². The average molecular weight is 281 g/mol. The van der Waals surface area contributed by atoms with Crippen LogP contribution in [0.5, 0.6) is 5.75 Å². The molecule has 0 aliphatic heterocycles. The quantitative estimate of drug-likeness (QED) is 0.518. The van der Waals surface area contributed by atoms with E-state index in [-0.39, 0.29) is 12.4 Å². The first-order chi connectivity index (χ1) is 10.2. The summed E-state index contributed by atoms with van der Waals surface area (Å²) >= 11 is 0. The highest BCUT2D eigenvalue weighted by Gasteiger charge is 2.02. The molecule has 2 N–H and O–H groups in total. The first-order valence-electron chi connectivity index (χ1n) is 6.32. The van der Waals surface area contributed by atoms with E-state index < -0.39 is 0 Å². The summed E-state index contributed by atoms with van der Waals surface area (Å²) < 4.78 is 5.07. The van der Waals surface area contributed by atoms with Gasteiger partial charge in [0.25, 0.3) is 0 Å². The van der Waals surface area contributed by atoms with E-state index in [0.717, 1.165) is 16.9 Å². The normalized spacial score (nSPS) is 10.8. The second-order valence-electron chi connectivity index (χ2n) is 4.25. The van der Waals surface area contributed by atoms with Crippen molar-refractivity contribution in [3.05, 3.63) is 65.2 Å². The summed E-state index contributed by atoms with van der Waals surface area (Å²) in [6.45, 7) is 0.195. The Bertz CT molecular complexity index is 673. The Morgan fingerprint density at radius 3 is 2.57 bits per heavy atom. The predicted octanol–water partition coefficient (Wildman–Crippen LogP) is 2.40. The lowest BCUT2D eigenvalue weighted by molar-refractivity contribution is 0.130. The number of nitrogens with zero attached hydrogens (tertiary/aromatic N) is 2. The molecule has 0 aliphatic rings. The van der Waals surface area contributed by atoms with Crippen molar-refractivity contribution in [2.75, 3.05) is 7.11 Å². The molecule has 0 fully saturated rings. The van der Waals surface area contributed by atoms with Crippen LogP contribution in [0.4, 0.5) is 0 Å². The number of ether oxygens (including phenoxy) is 1. The van der Waals surface area contributed by atoms with Crippen molar-refractivity contribution < 1.29 is 9.57 Å². The third kappa shape index (κ3) is 3.74. The minimum Gasteiger partial charge on any atom is -0.497 e. The number of nitriles is 1. The lowest BCUT2D eigenvalue weighted by atomic mass is 10.1. The number of oxime groups is 1. The Morgan fingerprint density at radius 1 is 1.19 bits per heavy atom. The maximum atomic E-state index is 8.98. The molecule has 0 amide bonds. The Balaban J connectivity index is 2.01. The zero-order valence-electron chi connectivity index (χ0n) is 11.6. The number of hydrogen-bond acceptors (Lipinski definition) is 4. The van der Waals surface area contributed by atoms with Gasteiger partial charge in [0.05, 0.1) is 18.7 Å². The van der Waals surface area contributed by atoms with Gasteiger partial charge in [0, 0.05) is 11.1 Å². The largest absolute Gasteiger partial charge is 0.497 e. The van der Waals surface area contributed by atoms with Gasteiger partial charge in [-0.2, -0.15) is 5.26 Å². The highest BCUT2D eigenvalue weighted by atomic mass is 16.6. The Labute approximate surface area is 123 Å². The van der Waals surface area contributed by atoms with Crippen LogP contribution in [0.2, 0.25) is 0 Å². The van der Waals surface area contributed by atoms with Gasteiger partial charge in [-0.1, -0.05) is 23.4 Å². The summed E-state index contributed by atoms with van der Waals surface area (Å²) in [5, 5.41) is 12.8. The molecule has 5 nitrogen and oxygen atoms in total. The fourth-order valence-corrected chi connectivity index (χ4v) is 1.74. The molecule has 0 bridgehead atoms. The maximum Gasteiger partial charge on any atom is 0.170 e. The van der Waals surface area contributed by atoms with Crippen LogP contribution in [0, 0.1) is 11.3 Å². The molecule has 0 saturated heterocycles. The molecule has 2 rings (SSSR count). The molecule has 0 atom stereocenters. The van der Waals surface area contributed by atoms with E-state index in [2.05, 4.69) is 11.2 Å². The van der Waals surface area contributed by atoms with Crippen molar-refractivity contribution in [1.29, 1.82) is 5.26 Å². The van der Waals surface area contributed by atoms with Crippen molar-refractivity contribution in [1.82, 2.24) is 0 Å². The number of hydrogen-bond donors (Lipinski definition) is 1. The molecular weight excluding hydrogens is 266 g/mol. The molecule has 0 spiro atoms. The van der Waals surface area contributed by atoms with Crippen molar-refractivity contribution in [3.8, 4) is 11.8 Å². The standard InChI is InChI=1S/C16H15N3O2/c1-20-15-8-6-12(7-9-15)16(18)19-21-11-14-5-3-2-4-13(14)10-17/h2-9H,11H2,1H3,(H2,18,19). The van der Waals surface area contributed by atoms with Crippen LogP contribution >= 0.6 is 0 Å². The second kappa shape index (κ2) is 6.96. The van der Waals surface area contributed by atoms with E-state index in [4.69, 9.17) is 20.6 Å². The minimum atomic E-state index is 0.195. The van der Waals surface area contributed by atoms with Gasteiger partial charge in [0.1, 0.15) is 12.4 Å². The molecule has 0 heterocycles. The molecule has 5 heteroatoms. The maximum absolute atomic E-state index is 8.98. The zero-order valence-corrected chi connectivity index (χ0v) is 11.6. The first kappa shape index (κ1) is 14.4. The lowest BCUT2D eigenvalue weighted by Gasteiger charge is -2.05. The molecule has 2 aromatic carbocycles.